The fourth-order valence-electron chi connectivity index (χ4n) is 5.10. The zero-order valence-electron chi connectivity index (χ0n) is 17.7. The Morgan fingerprint density at radius 1 is 0.862 bits per heavy atom. The molecule has 1 saturated carbocycles. The van der Waals surface area contributed by atoms with Gasteiger partial charge in [0.1, 0.15) is 0 Å². The summed E-state index contributed by atoms with van der Waals surface area (Å²) in [5.41, 5.74) is 0. The number of hydrogen-bond donors (Lipinski definition) is 0. The topological polar surface area (TPSA) is 69.6 Å². The molecular formula is C22H33N5O2. The number of nitrogens with zero attached hydrogens (tertiary/aromatic N) is 5. The summed E-state index contributed by atoms with van der Waals surface area (Å²) in [5, 5.41) is 0. The first-order valence-corrected chi connectivity index (χ1v) is 11.1. The summed E-state index contributed by atoms with van der Waals surface area (Å²) in [4.78, 5) is 40.4. The molecule has 2 aliphatic heterocycles. The Morgan fingerprint density at radius 3 is 2.00 bits per heavy atom. The van der Waals surface area contributed by atoms with E-state index in [0.29, 0.717) is 18.4 Å². The van der Waals surface area contributed by atoms with Gasteiger partial charge >= 0.3 is 0 Å². The Bertz CT molecular complexity index is 691. The molecule has 0 spiro atoms. The smallest absolute Gasteiger partial charge is 0.233 e. The lowest BCUT2D eigenvalue weighted by molar-refractivity contribution is -0.140. The number of unbranched alkanes of at least 4 members (excludes halogenated alkanes) is 1. The fourth-order valence-corrected chi connectivity index (χ4v) is 5.10. The second-order valence-corrected chi connectivity index (χ2v) is 9.05. The first-order valence-electron chi connectivity index (χ1n) is 11.1. The highest BCUT2D eigenvalue weighted by Crippen LogP contribution is 2.43. The second kappa shape index (κ2) is 8.78. The molecule has 3 fully saturated rings. The van der Waals surface area contributed by atoms with Crippen LogP contribution in [0.2, 0.25) is 0 Å². The molecule has 0 bridgehead atoms. The Hall–Kier alpha value is -2.02. The SMILES string of the molecule is CC1CC2C(=O)N(CCCCN3CCN(c4ncccn4)CC3)C(=O)C2CC1C. The van der Waals surface area contributed by atoms with Crippen molar-refractivity contribution in [2.45, 2.75) is 39.5 Å². The molecule has 0 aromatic carbocycles. The molecule has 1 aromatic rings. The number of imide groups is 1. The third kappa shape index (κ3) is 4.29. The van der Waals surface area contributed by atoms with Crippen molar-refractivity contribution in [2.75, 3.05) is 44.2 Å². The molecule has 1 aromatic heterocycles. The van der Waals surface area contributed by atoms with Crippen molar-refractivity contribution in [1.29, 1.82) is 0 Å². The number of piperazine rings is 1. The van der Waals surface area contributed by atoms with Gasteiger partial charge in [-0.25, -0.2) is 9.97 Å². The zero-order valence-corrected chi connectivity index (χ0v) is 17.7. The van der Waals surface area contributed by atoms with E-state index in [-0.39, 0.29) is 23.7 Å². The summed E-state index contributed by atoms with van der Waals surface area (Å²) in [6.07, 6.45) is 7.23. The number of carbonyl (C=O) groups is 2. The van der Waals surface area contributed by atoms with Crippen molar-refractivity contribution in [3.05, 3.63) is 18.5 Å². The van der Waals surface area contributed by atoms with E-state index in [1.54, 1.807) is 17.3 Å². The van der Waals surface area contributed by atoms with Crippen LogP contribution in [0.4, 0.5) is 5.95 Å². The number of rotatable bonds is 6. The van der Waals surface area contributed by atoms with Gasteiger partial charge < -0.3 is 4.90 Å². The molecule has 3 heterocycles. The molecular weight excluding hydrogens is 366 g/mol. The molecule has 4 unspecified atom stereocenters. The maximum absolute atomic E-state index is 12.7. The Balaban J connectivity index is 1.19. The standard InChI is InChI=1S/C22H33N5O2/c1-16-14-18-19(15-17(16)2)21(29)27(20(18)28)9-4-3-8-25-10-12-26(13-11-25)22-23-6-5-7-24-22/h5-7,16-19H,3-4,8-15H2,1-2H3. The number of aromatic nitrogens is 2. The van der Waals surface area contributed by atoms with Crippen LogP contribution in [0.5, 0.6) is 0 Å². The lowest BCUT2D eigenvalue weighted by Gasteiger charge is -2.34. The summed E-state index contributed by atoms with van der Waals surface area (Å²) < 4.78 is 0. The van der Waals surface area contributed by atoms with Gasteiger partial charge in [0.2, 0.25) is 17.8 Å². The Kier molecular flexibility index (Phi) is 6.13. The molecule has 3 aliphatic rings. The van der Waals surface area contributed by atoms with Crippen molar-refractivity contribution >= 4 is 17.8 Å². The van der Waals surface area contributed by atoms with Crippen LogP contribution in [-0.2, 0) is 9.59 Å². The van der Waals surface area contributed by atoms with Gasteiger partial charge in [-0.2, -0.15) is 0 Å². The van der Waals surface area contributed by atoms with Crippen molar-refractivity contribution in [2.24, 2.45) is 23.7 Å². The van der Waals surface area contributed by atoms with E-state index in [0.717, 1.165) is 64.4 Å². The Labute approximate surface area is 173 Å². The average Bonchev–Trinajstić information content (AvgIpc) is 2.96. The van der Waals surface area contributed by atoms with Crippen LogP contribution in [0, 0.1) is 23.7 Å². The monoisotopic (exact) mass is 399 g/mol. The molecule has 29 heavy (non-hydrogen) atoms. The molecule has 7 nitrogen and oxygen atoms in total. The first-order chi connectivity index (χ1) is 14.0. The lowest BCUT2D eigenvalue weighted by atomic mass is 9.70. The van der Waals surface area contributed by atoms with Crippen LogP contribution in [0.1, 0.15) is 39.5 Å². The number of amides is 2. The molecule has 158 valence electrons. The van der Waals surface area contributed by atoms with Crippen LogP contribution < -0.4 is 4.90 Å². The van der Waals surface area contributed by atoms with Crippen LogP contribution >= 0.6 is 0 Å². The normalized spacial score (nSPS) is 30.7. The molecule has 7 heteroatoms. The zero-order chi connectivity index (χ0) is 20.4. The van der Waals surface area contributed by atoms with Crippen molar-refractivity contribution < 1.29 is 9.59 Å². The van der Waals surface area contributed by atoms with E-state index in [9.17, 15) is 9.59 Å². The van der Waals surface area contributed by atoms with Crippen LogP contribution in [0.25, 0.3) is 0 Å². The van der Waals surface area contributed by atoms with E-state index in [2.05, 4.69) is 33.6 Å². The van der Waals surface area contributed by atoms with Gasteiger partial charge in [0, 0.05) is 45.1 Å². The minimum atomic E-state index is -0.0537. The number of fused-ring (bicyclic) bond motifs is 1. The van der Waals surface area contributed by atoms with E-state index < -0.39 is 0 Å². The molecule has 4 atom stereocenters. The van der Waals surface area contributed by atoms with Crippen molar-refractivity contribution in [1.82, 2.24) is 19.8 Å². The Morgan fingerprint density at radius 2 is 1.41 bits per heavy atom. The maximum atomic E-state index is 12.7. The predicted molar refractivity (Wildman–Crippen MR) is 111 cm³/mol. The third-order valence-electron chi connectivity index (χ3n) is 7.19. The molecule has 0 radical (unpaired) electrons. The number of anilines is 1. The van der Waals surface area contributed by atoms with Gasteiger partial charge in [0.25, 0.3) is 0 Å². The van der Waals surface area contributed by atoms with E-state index in [1.165, 1.54) is 0 Å². The number of likely N-dealkylation sites (tertiary alicyclic amines) is 1. The highest BCUT2D eigenvalue weighted by atomic mass is 16.2. The lowest BCUT2D eigenvalue weighted by Crippen LogP contribution is -2.47. The average molecular weight is 400 g/mol. The minimum Gasteiger partial charge on any atom is -0.338 e. The second-order valence-electron chi connectivity index (χ2n) is 9.05. The quantitative estimate of drug-likeness (QED) is 0.539. The van der Waals surface area contributed by atoms with Crippen LogP contribution in [0.3, 0.4) is 0 Å². The van der Waals surface area contributed by atoms with Gasteiger partial charge in [-0.1, -0.05) is 13.8 Å². The molecule has 0 N–H and O–H groups in total. The molecule has 2 amide bonds. The van der Waals surface area contributed by atoms with Gasteiger partial charge in [0.05, 0.1) is 11.8 Å². The summed E-state index contributed by atoms with van der Waals surface area (Å²) in [7, 11) is 0. The predicted octanol–water partition coefficient (Wildman–Crippen LogP) is 2.05. The molecule has 4 rings (SSSR count). The van der Waals surface area contributed by atoms with Gasteiger partial charge in [-0.3, -0.25) is 19.4 Å². The van der Waals surface area contributed by atoms with Gasteiger partial charge in [0.15, 0.2) is 0 Å². The van der Waals surface area contributed by atoms with Gasteiger partial charge in [-0.05, 0) is 50.1 Å². The summed E-state index contributed by atoms with van der Waals surface area (Å²) in [6.45, 7) is 9.90. The minimum absolute atomic E-state index is 0.0537. The summed E-state index contributed by atoms with van der Waals surface area (Å²) in [6, 6.07) is 1.84. The van der Waals surface area contributed by atoms with Crippen LogP contribution in [0.15, 0.2) is 18.5 Å². The van der Waals surface area contributed by atoms with Crippen molar-refractivity contribution in [3.63, 3.8) is 0 Å². The third-order valence-corrected chi connectivity index (χ3v) is 7.19. The number of carbonyl (C=O) groups excluding carboxylic acids is 2. The van der Waals surface area contributed by atoms with Crippen molar-refractivity contribution in [3.8, 4) is 0 Å². The van der Waals surface area contributed by atoms with E-state index >= 15 is 0 Å². The van der Waals surface area contributed by atoms with Gasteiger partial charge in [-0.15, -0.1) is 0 Å². The molecule has 1 aliphatic carbocycles. The highest BCUT2D eigenvalue weighted by Gasteiger charge is 2.50. The largest absolute Gasteiger partial charge is 0.338 e. The maximum Gasteiger partial charge on any atom is 0.233 e. The van der Waals surface area contributed by atoms with E-state index in [4.69, 9.17) is 0 Å². The summed E-state index contributed by atoms with van der Waals surface area (Å²) in [5.74, 6) is 1.96. The van der Waals surface area contributed by atoms with Crippen LogP contribution in [-0.4, -0.2) is 70.9 Å². The fraction of sp³-hybridized carbons (Fsp3) is 0.727. The first kappa shape index (κ1) is 20.3. The van der Waals surface area contributed by atoms with E-state index in [1.807, 2.05) is 6.07 Å². The summed E-state index contributed by atoms with van der Waals surface area (Å²) >= 11 is 0. The highest BCUT2D eigenvalue weighted by molar-refractivity contribution is 6.05. The molecule has 2 saturated heterocycles. The number of hydrogen-bond acceptors (Lipinski definition) is 6.